The van der Waals surface area contributed by atoms with Crippen LogP contribution in [0.5, 0.6) is 5.75 Å². The Hall–Kier alpha value is -1.59. The zero-order valence-electron chi connectivity index (χ0n) is 12.4. The molecule has 0 spiro atoms. The molecule has 0 radical (unpaired) electrons. The lowest BCUT2D eigenvalue weighted by Gasteiger charge is -2.36. The number of hydrogen-bond acceptors (Lipinski definition) is 5. The van der Waals surface area contributed by atoms with Crippen molar-refractivity contribution in [2.45, 2.75) is 13.5 Å². The minimum absolute atomic E-state index is 0.709. The second kappa shape index (κ2) is 6.91. The zero-order chi connectivity index (χ0) is 14.5. The van der Waals surface area contributed by atoms with Crippen molar-refractivity contribution in [1.29, 1.82) is 0 Å². The molecule has 1 aromatic heterocycles. The number of anilines is 1. The Morgan fingerprint density at radius 1 is 1.19 bits per heavy atom. The van der Waals surface area contributed by atoms with E-state index in [9.17, 15) is 0 Å². The van der Waals surface area contributed by atoms with E-state index >= 15 is 0 Å². The number of hydrogen-bond donors (Lipinski definition) is 0. The first-order valence-corrected chi connectivity index (χ1v) is 8.37. The third kappa shape index (κ3) is 3.54. The Bertz CT molecular complexity index is 550. The number of benzene rings is 1. The van der Waals surface area contributed by atoms with Crippen molar-refractivity contribution in [3.05, 3.63) is 40.8 Å². The summed E-state index contributed by atoms with van der Waals surface area (Å²) in [6, 6.07) is 8.33. The van der Waals surface area contributed by atoms with Gasteiger partial charge in [-0.1, -0.05) is 12.1 Å². The number of piperazine rings is 1. The lowest BCUT2D eigenvalue weighted by molar-refractivity contribution is 0.246. The van der Waals surface area contributed by atoms with Gasteiger partial charge in [-0.15, -0.1) is 11.3 Å². The summed E-state index contributed by atoms with van der Waals surface area (Å²) >= 11 is 1.67. The maximum absolute atomic E-state index is 5.74. The lowest BCUT2D eigenvalue weighted by atomic mass is 10.2. The number of aromatic nitrogens is 1. The normalized spacial score (nSPS) is 16.1. The molecule has 2 aromatic rings. The van der Waals surface area contributed by atoms with Gasteiger partial charge in [-0.25, -0.2) is 4.98 Å². The molecule has 0 bridgehead atoms. The van der Waals surface area contributed by atoms with Crippen molar-refractivity contribution in [3.63, 3.8) is 0 Å². The van der Waals surface area contributed by atoms with Crippen LogP contribution in [0, 0.1) is 0 Å². The highest BCUT2D eigenvalue weighted by Gasteiger charge is 2.19. The molecule has 2 heterocycles. The van der Waals surface area contributed by atoms with E-state index in [4.69, 9.17) is 4.74 Å². The number of ether oxygens (including phenoxy) is 1. The number of thiazole rings is 1. The minimum atomic E-state index is 0.709. The van der Waals surface area contributed by atoms with E-state index in [1.165, 1.54) is 11.4 Å². The largest absolute Gasteiger partial charge is 0.492 e. The molecule has 1 saturated heterocycles. The molecule has 0 aliphatic carbocycles. The Kier molecular flexibility index (Phi) is 4.72. The molecule has 0 atom stereocenters. The molecule has 0 N–H and O–H groups in total. The summed E-state index contributed by atoms with van der Waals surface area (Å²) in [5, 5.41) is 2.14. The average Bonchev–Trinajstić information content (AvgIpc) is 3.02. The summed E-state index contributed by atoms with van der Waals surface area (Å²) < 4.78 is 5.74. The highest BCUT2D eigenvalue weighted by molar-refractivity contribution is 7.07. The fourth-order valence-corrected chi connectivity index (χ4v) is 3.24. The van der Waals surface area contributed by atoms with Crippen molar-refractivity contribution < 1.29 is 4.74 Å². The molecule has 112 valence electrons. The van der Waals surface area contributed by atoms with Gasteiger partial charge in [0.2, 0.25) is 0 Å². The molecule has 1 aromatic carbocycles. The van der Waals surface area contributed by atoms with Crippen LogP contribution in [0.3, 0.4) is 0 Å². The average molecular weight is 303 g/mol. The van der Waals surface area contributed by atoms with Crippen molar-refractivity contribution in [3.8, 4) is 5.75 Å². The van der Waals surface area contributed by atoms with Crippen molar-refractivity contribution in [2.24, 2.45) is 0 Å². The fourth-order valence-electron chi connectivity index (χ4n) is 2.69. The second-order valence-electron chi connectivity index (χ2n) is 5.14. The van der Waals surface area contributed by atoms with E-state index in [0.29, 0.717) is 6.61 Å². The van der Waals surface area contributed by atoms with Gasteiger partial charge >= 0.3 is 0 Å². The molecule has 1 aliphatic rings. The molecular formula is C16H21N3OS. The molecule has 4 nitrogen and oxygen atoms in total. The summed E-state index contributed by atoms with van der Waals surface area (Å²) in [5.41, 5.74) is 4.31. The summed E-state index contributed by atoms with van der Waals surface area (Å²) in [7, 11) is 0. The van der Waals surface area contributed by atoms with E-state index < -0.39 is 0 Å². The quantitative estimate of drug-likeness (QED) is 0.849. The topological polar surface area (TPSA) is 28.6 Å². The summed E-state index contributed by atoms with van der Waals surface area (Å²) in [4.78, 5) is 9.26. The Morgan fingerprint density at radius 3 is 2.71 bits per heavy atom. The van der Waals surface area contributed by atoms with Crippen LogP contribution in [0.4, 0.5) is 5.69 Å². The third-order valence-electron chi connectivity index (χ3n) is 3.75. The van der Waals surface area contributed by atoms with E-state index in [2.05, 4.69) is 38.4 Å². The Labute approximate surface area is 130 Å². The summed E-state index contributed by atoms with van der Waals surface area (Å²) in [6.07, 6.45) is 0. The zero-order valence-corrected chi connectivity index (χ0v) is 13.2. The predicted molar refractivity (Wildman–Crippen MR) is 87.2 cm³/mol. The van der Waals surface area contributed by atoms with Crippen LogP contribution >= 0.6 is 11.3 Å². The van der Waals surface area contributed by atoms with Crippen LogP contribution in [0.2, 0.25) is 0 Å². The van der Waals surface area contributed by atoms with Crippen molar-refractivity contribution in [2.75, 3.05) is 37.7 Å². The van der Waals surface area contributed by atoms with Gasteiger partial charge in [0.1, 0.15) is 5.75 Å². The van der Waals surface area contributed by atoms with E-state index in [1.807, 2.05) is 18.5 Å². The van der Waals surface area contributed by atoms with Crippen molar-refractivity contribution in [1.82, 2.24) is 9.88 Å². The number of rotatable bonds is 5. The fraction of sp³-hybridized carbons (Fsp3) is 0.438. The standard InChI is InChI=1S/C16H21N3OS/c1-2-20-16-6-4-3-5-15(16)19-9-7-18(8-10-19)11-14-12-21-13-17-14/h3-6,12-13H,2,7-11H2,1H3. The van der Waals surface area contributed by atoms with Crippen LogP contribution in [0.15, 0.2) is 35.2 Å². The van der Waals surface area contributed by atoms with Crippen LogP contribution in [-0.4, -0.2) is 42.7 Å². The molecule has 21 heavy (non-hydrogen) atoms. The third-order valence-corrected chi connectivity index (χ3v) is 4.38. The highest BCUT2D eigenvalue weighted by atomic mass is 32.1. The highest BCUT2D eigenvalue weighted by Crippen LogP contribution is 2.28. The number of nitrogens with zero attached hydrogens (tertiary/aromatic N) is 3. The summed E-state index contributed by atoms with van der Waals surface area (Å²) in [6.45, 7) is 7.91. The molecule has 5 heteroatoms. The van der Waals surface area contributed by atoms with E-state index in [1.54, 1.807) is 11.3 Å². The van der Waals surface area contributed by atoms with Gasteiger partial charge < -0.3 is 9.64 Å². The maximum Gasteiger partial charge on any atom is 0.142 e. The van der Waals surface area contributed by atoms with Crippen LogP contribution in [0.25, 0.3) is 0 Å². The maximum atomic E-state index is 5.74. The van der Waals surface area contributed by atoms with Crippen LogP contribution in [-0.2, 0) is 6.54 Å². The van der Waals surface area contributed by atoms with E-state index in [0.717, 1.165) is 38.5 Å². The molecule has 0 amide bonds. The van der Waals surface area contributed by atoms with Gasteiger partial charge in [0.15, 0.2) is 0 Å². The Balaban J connectivity index is 1.60. The van der Waals surface area contributed by atoms with Crippen molar-refractivity contribution >= 4 is 17.0 Å². The van der Waals surface area contributed by atoms with Gasteiger partial charge in [-0.3, -0.25) is 4.90 Å². The van der Waals surface area contributed by atoms with Gasteiger partial charge in [0, 0.05) is 38.1 Å². The molecule has 0 saturated carbocycles. The SMILES string of the molecule is CCOc1ccccc1N1CCN(Cc2cscn2)CC1. The predicted octanol–water partition coefficient (Wildman–Crippen LogP) is 2.86. The van der Waals surface area contributed by atoms with Gasteiger partial charge in [-0.2, -0.15) is 0 Å². The summed E-state index contributed by atoms with van der Waals surface area (Å²) in [5.74, 6) is 0.993. The van der Waals surface area contributed by atoms with Gasteiger partial charge in [0.05, 0.1) is 23.5 Å². The first-order valence-electron chi connectivity index (χ1n) is 7.43. The van der Waals surface area contributed by atoms with Gasteiger partial charge in [0.25, 0.3) is 0 Å². The first kappa shape index (κ1) is 14.4. The monoisotopic (exact) mass is 303 g/mol. The second-order valence-corrected chi connectivity index (χ2v) is 5.86. The molecule has 3 rings (SSSR count). The Morgan fingerprint density at radius 2 is 2.00 bits per heavy atom. The lowest BCUT2D eigenvalue weighted by Crippen LogP contribution is -2.46. The number of para-hydroxylation sites is 2. The van der Waals surface area contributed by atoms with Gasteiger partial charge in [-0.05, 0) is 19.1 Å². The minimum Gasteiger partial charge on any atom is -0.492 e. The smallest absolute Gasteiger partial charge is 0.142 e. The molecule has 0 unspecified atom stereocenters. The molecular weight excluding hydrogens is 282 g/mol. The van der Waals surface area contributed by atoms with Crippen LogP contribution < -0.4 is 9.64 Å². The first-order chi connectivity index (χ1) is 10.4. The molecule has 1 fully saturated rings. The molecule has 1 aliphatic heterocycles. The van der Waals surface area contributed by atoms with Crippen LogP contribution in [0.1, 0.15) is 12.6 Å². The van der Waals surface area contributed by atoms with E-state index in [-0.39, 0.29) is 0 Å².